The minimum absolute atomic E-state index is 0.278. The molecule has 3 rings (SSSR count). The van der Waals surface area contributed by atoms with E-state index in [4.69, 9.17) is 0 Å². The fourth-order valence-electron chi connectivity index (χ4n) is 3.63. The summed E-state index contributed by atoms with van der Waals surface area (Å²) in [5.74, 6) is 0. The topological polar surface area (TPSA) is 0 Å². The number of benzene rings is 1. The lowest BCUT2D eigenvalue weighted by Gasteiger charge is -2.27. The number of hydrogen-bond donors (Lipinski definition) is 0. The molecule has 0 amide bonds. The van der Waals surface area contributed by atoms with E-state index in [0.29, 0.717) is 5.04 Å². The highest BCUT2D eigenvalue weighted by atomic mass is 28.2. The van der Waals surface area contributed by atoms with Crippen LogP contribution in [0, 0.1) is 6.92 Å². The van der Waals surface area contributed by atoms with Crippen molar-refractivity contribution in [1.29, 1.82) is 0 Å². The molecule has 1 aromatic rings. The van der Waals surface area contributed by atoms with Crippen LogP contribution in [0.3, 0.4) is 0 Å². The maximum atomic E-state index is 2.44. The van der Waals surface area contributed by atoms with Crippen molar-refractivity contribution in [3.63, 3.8) is 0 Å². The van der Waals surface area contributed by atoms with Crippen LogP contribution in [0.25, 0.3) is 5.57 Å². The Labute approximate surface area is 137 Å². The van der Waals surface area contributed by atoms with Crippen LogP contribution in [0.2, 0.25) is 5.04 Å². The molecular weight excluding hydrogens is 280 g/mol. The van der Waals surface area contributed by atoms with Gasteiger partial charge >= 0.3 is 0 Å². The summed E-state index contributed by atoms with van der Waals surface area (Å²) in [6.07, 6.45) is 11.6. The quantitative estimate of drug-likeness (QED) is 0.664. The van der Waals surface area contributed by atoms with E-state index >= 15 is 0 Å². The Morgan fingerprint density at radius 1 is 0.955 bits per heavy atom. The molecule has 0 bridgehead atoms. The van der Waals surface area contributed by atoms with E-state index in [1.54, 1.807) is 16.3 Å². The second-order valence-corrected chi connectivity index (χ2v) is 10.0. The van der Waals surface area contributed by atoms with E-state index in [-0.39, 0.29) is 9.52 Å². The minimum Gasteiger partial charge on any atom is -0.0840 e. The van der Waals surface area contributed by atoms with Gasteiger partial charge in [-0.3, -0.25) is 0 Å². The summed E-state index contributed by atoms with van der Waals surface area (Å²) < 4.78 is 0. The highest BCUT2D eigenvalue weighted by Gasteiger charge is 2.28. The molecule has 114 valence electrons. The summed E-state index contributed by atoms with van der Waals surface area (Å²) in [6, 6.07) is 9.04. The first-order valence-electron chi connectivity index (χ1n) is 8.29. The van der Waals surface area contributed by atoms with Gasteiger partial charge in [-0.15, -0.1) is 0 Å². The largest absolute Gasteiger partial charge is 0.0840 e. The van der Waals surface area contributed by atoms with Gasteiger partial charge in [0.1, 0.15) is 0 Å². The third-order valence-corrected chi connectivity index (χ3v) is 7.82. The minimum atomic E-state index is -0.278. The standard InChI is InChI=1S/C21H26Si/c1-15-8-10-18(11-9-15)19-14-20(17(3)16(19)2)22-21(4)12-6-5-7-13-21/h5-12H,13-14,22H2,1-4H3. The summed E-state index contributed by atoms with van der Waals surface area (Å²) in [5.41, 5.74) is 7.40. The van der Waals surface area contributed by atoms with Crippen molar-refractivity contribution < 1.29 is 0 Å². The Morgan fingerprint density at radius 3 is 2.32 bits per heavy atom. The van der Waals surface area contributed by atoms with Gasteiger partial charge in [0, 0.05) is 0 Å². The predicted molar refractivity (Wildman–Crippen MR) is 101 cm³/mol. The molecule has 0 nitrogen and oxygen atoms in total. The van der Waals surface area contributed by atoms with Crippen LogP contribution in [0.1, 0.15) is 44.7 Å². The van der Waals surface area contributed by atoms with Gasteiger partial charge in [-0.25, -0.2) is 0 Å². The second-order valence-electron chi connectivity index (χ2n) is 7.20. The summed E-state index contributed by atoms with van der Waals surface area (Å²) in [5, 5.41) is 2.18. The van der Waals surface area contributed by atoms with Crippen LogP contribution in [0.15, 0.2) is 64.9 Å². The molecule has 0 N–H and O–H groups in total. The lowest BCUT2D eigenvalue weighted by atomic mass is 10.00. The molecule has 0 fully saturated rings. The molecule has 2 aliphatic carbocycles. The van der Waals surface area contributed by atoms with Crippen molar-refractivity contribution in [3.8, 4) is 0 Å². The first kappa shape index (κ1) is 15.3. The van der Waals surface area contributed by atoms with Gasteiger partial charge in [0.15, 0.2) is 0 Å². The predicted octanol–water partition coefficient (Wildman–Crippen LogP) is 5.31. The van der Waals surface area contributed by atoms with Gasteiger partial charge in [0.05, 0.1) is 9.52 Å². The van der Waals surface area contributed by atoms with E-state index in [9.17, 15) is 0 Å². The van der Waals surface area contributed by atoms with Crippen LogP contribution >= 0.6 is 0 Å². The highest BCUT2D eigenvalue weighted by Crippen LogP contribution is 2.43. The maximum absolute atomic E-state index is 2.44. The summed E-state index contributed by atoms with van der Waals surface area (Å²) in [4.78, 5) is 0. The number of hydrogen-bond acceptors (Lipinski definition) is 0. The molecule has 1 aromatic carbocycles. The van der Waals surface area contributed by atoms with Crippen molar-refractivity contribution in [1.82, 2.24) is 0 Å². The Bertz CT molecular complexity index is 698. The first-order chi connectivity index (χ1) is 10.5. The number of allylic oxidation sites excluding steroid dienone is 8. The molecule has 1 heteroatoms. The molecule has 0 saturated heterocycles. The number of aryl methyl sites for hydroxylation is 1. The van der Waals surface area contributed by atoms with Gasteiger partial charge in [-0.2, -0.15) is 0 Å². The summed E-state index contributed by atoms with van der Waals surface area (Å²) in [6.45, 7) is 9.25. The molecule has 1 atom stereocenters. The average Bonchev–Trinajstić information content (AvgIpc) is 2.77. The zero-order valence-corrected chi connectivity index (χ0v) is 15.7. The molecule has 0 heterocycles. The smallest absolute Gasteiger partial charge is 0.0612 e. The molecule has 0 saturated carbocycles. The molecule has 0 radical (unpaired) electrons. The normalized spacial score (nSPS) is 25.1. The third-order valence-electron chi connectivity index (χ3n) is 5.28. The van der Waals surface area contributed by atoms with E-state index in [1.807, 2.05) is 0 Å². The fourth-order valence-corrected chi connectivity index (χ4v) is 6.07. The average molecular weight is 307 g/mol. The van der Waals surface area contributed by atoms with E-state index in [0.717, 1.165) is 0 Å². The zero-order valence-electron chi connectivity index (χ0n) is 14.2. The first-order valence-corrected chi connectivity index (χ1v) is 9.70. The van der Waals surface area contributed by atoms with Gasteiger partial charge in [-0.1, -0.05) is 71.8 Å². The lowest BCUT2D eigenvalue weighted by Crippen LogP contribution is -2.17. The van der Waals surface area contributed by atoms with E-state index < -0.39 is 0 Å². The Kier molecular flexibility index (Phi) is 4.09. The molecular formula is C21H26Si. The number of rotatable bonds is 3. The fraction of sp³-hybridized carbons (Fsp3) is 0.333. The summed E-state index contributed by atoms with van der Waals surface area (Å²) in [7, 11) is -0.278. The molecule has 1 unspecified atom stereocenters. The third kappa shape index (κ3) is 2.96. The van der Waals surface area contributed by atoms with Gasteiger partial charge in [0.2, 0.25) is 0 Å². The van der Waals surface area contributed by atoms with E-state index in [2.05, 4.69) is 76.3 Å². The van der Waals surface area contributed by atoms with E-state index in [1.165, 1.54) is 29.5 Å². The van der Waals surface area contributed by atoms with Crippen molar-refractivity contribution >= 4 is 15.1 Å². The monoisotopic (exact) mass is 306 g/mol. The van der Waals surface area contributed by atoms with Crippen LogP contribution in [-0.2, 0) is 0 Å². The Morgan fingerprint density at radius 2 is 1.68 bits per heavy atom. The molecule has 0 aromatic heterocycles. The maximum Gasteiger partial charge on any atom is 0.0612 e. The van der Waals surface area contributed by atoms with Crippen molar-refractivity contribution in [2.75, 3.05) is 0 Å². The zero-order chi connectivity index (χ0) is 15.7. The Balaban J connectivity index is 1.81. The van der Waals surface area contributed by atoms with Crippen LogP contribution < -0.4 is 0 Å². The molecule has 2 aliphatic rings. The highest BCUT2D eigenvalue weighted by molar-refractivity contribution is 6.51. The lowest BCUT2D eigenvalue weighted by molar-refractivity contribution is 0.753. The van der Waals surface area contributed by atoms with Crippen molar-refractivity contribution in [2.45, 2.75) is 45.6 Å². The SMILES string of the molecule is CC1=C([SiH2]C2(C)C=CC=CC2)CC(c2ccc(C)cc2)=C1C. The molecule has 22 heavy (non-hydrogen) atoms. The molecule has 0 aliphatic heterocycles. The van der Waals surface area contributed by atoms with Gasteiger partial charge < -0.3 is 0 Å². The van der Waals surface area contributed by atoms with Gasteiger partial charge in [0.25, 0.3) is 0 Å². The van der Waals surface area contributed by atoms with Gasteiger partial charge in [-0.05, 0) is 55.4 Å². The van der Waals surface area contributed by atoms with Crippen molar-refractivity contribution in [2.24, 2.45) is 0 Å². The van der Waals surface area contributed by atoms with Crippen molar-refractivity contribution in [3.05, 3.63) is 76.0 Å². The Hall–Kier alpha value is -1.60. The van der Waals surface area contributed by atoms with Crippen LogP contribution in [-0.4, -0.2) is 9.52 Å². The molecule has 0 spiro atoms. The second kappa shape index (κ2) is 5.89. The summed E-state index contributed by atoms with van der Waals surface area (Å²) >= 11 is 0. The van der Waals surface area contributed by atoms with Crippen LogP contribution in [0.4, 0.5) is 0 Å². The van der Waals surface area contributed by atoms with Crippen LogP contribution in [0.5, 0.6) is 0 Å².